The van der Waals surface area contributed by atoms with Crippen LogP contribution in [0.3, 0.4) is 0 Å². The number of sulfonamides is 1. The van der Waals surface area contributed by atoms with Crippen LogP contribution in [-0.4, -0.2) is 44.2 Å². The summed E-state index contributed by atoms with van der Waals surface area (Å²) in [5, 5.41) is 0. The molecule has 0 atom stereocenters. The van der Waals surface area contributed by atoms with Gasteiger partial charge in [0.2, 0.25) is 10.0 Å². The second kappa shape index (κ2) is 9.50. The van der Waals surface area contributed by atoms with Crippen molar-refractivity contribution in [3.05, 3.63) is 64.7 Å². The predicted molar refractivity (Wildman–Crippen MR) is 117 cm³/mol. The van der Waals surface area contributed by atoms with Crippen molar-refractivity contribution in [2.75, 3.05) is 19.7 Å². The number of halogens is 3. The molecule has 182 valence electrons. The number of ketones is 1. The predicted octanol–water partition coefficient (Wildman–Crippen LogP) is 4.02. The second-order valence-electron chi connectivity index (χ2n) is 8.57. The van der Waals surface area contributed by atoms with Crippen LogP contribution in [0, 0.1) is 5.92 Å². The molecule has 34 heavy (non-hydrogen) atoms. The molecule has 10 heteroatoms. The van der Waals surface area contributed by atoms with E-state index in [-0.39, 0.29) is 38.3 Å². The first-order valence-electron chi connectivity index (χ1n) is 11.0. The van der Waals surface area contributed by atoms with Gasteiger partial charge in [-0.05, 0) is 67.5 Å². The summed E-state index contributed by atoms with van der Waals surface area (Å²) < 4.78 is 70.7. The van der Waals surface area contributed by atoms with E-state index in [4.69, 9.17) is 4.74 Å². The van der Waals surface area contributed by atoms with E-state index in [9.17, 15) is 31.2 Å². The van der Waals surface area contributed by atoms with Crippen LogP contribution >= 0.6 is 0 Å². The van der Waals surface area contributed by atoms with E-state index in [2.05, 4.69) is 0 Å². The summed E-state index contributed by atoms with van der Waals surface area (Å²) in [5.74, 6) is -1.46. The van der Waals surface area contributed by atoms with Gasteiger partial charge in [-0.3, -0.25) is 9.59 Å². The number of carbonyl (C=O) groups is 2. The highest BCUT2D eigenvalue weighted by molar-refractivity contribution is 7.89. The first-order chi connectivity index (χ1) is 16.1. The third-order valence-electron chi connectivity index (χ3n) is 6.35. The molecule has 6 nitrogen and oxygen atoms in total. The summed E-state index contributed by atoms with van der Waals surface area (Å²) in [7, 11) is -4.13. The Labute approximate surface area is 195 Å². The molecule has 0 bridgehead atoms. The van der Waals surface area contributed by atoms with Gasteiger partial charge >= 0.3 is 12.1 Å². The van der Waals surface area contributed by atoms with Crippen LogP contribution in [0.25, 0.3) is 0 Å². The maximum absolute atomic E-state index is 13.0. The average Bonchev–Trinajstić information content (AvgIpc) is 3.30. The molecule has 2 aromatic rings. The third kappa shape index (κ3) is 5.17. The Bertz CT molecular complexity index is 1200. The zero-order valence-electron chi connectivity index (χ0n) is 18.3. The summed E-state index contributed by atoms with van der Waals surface area (Å²) in [4.78, 5) is 24.4. The van der Waals surface area contributed by atoms with Crippen LogP contribution in [0.4, 0.5) is 13.2 Å². The summed E-state index contributed by atoms with van der Waals surface area (Å²) in [5.41, 5.74) is 1.84. The highest BCUT2D eigenvalue weighted by atomic mass is 32.2. The van der Waals surface area contributed by atoms with Gasteiger partial charge in [0.1, 0.15) is 0 Å². The van der Waals surface area contributed by atoms with Crippen LogP contribution < -0.4 is 0 Å². The van der Waals surface area contributed by atoms with Crippen LogP contribution in [0.2, 0.25) is 0 Å². The van der Waals surface area contributed by atoms with Crippen molar-refractivity contribution in [3.63, 3.8) is 0 Å². The molecule has 1 aliphatic heterocycles. The number of rotatable bonds is 6. The highest BCUT2D eigenvalue weighted by Gasteiger charge is 2.35. The maximum atomic E-state index is 13.0. The Kier molecular flexibility index (Phi) is 6.82. The van der Waals surface area contributed by atoms with E-state index in [0.29, 0.717) is 11.6 Å². The zero-order valence-corrected chi connectivity index (χ0v) is 19.1. The van der Waals surface area contributed by atoms with Gasteiger partial charge in [0.25, 0.3) is 0 Å². The van der Waals surface area contributed by atoms with Crippen LogP contribution in [0.1, 0.15) is 46.3 Å². The zero-order chi connectivity index (χ0) is 24.5. The molecule has 0 amide bonds. The molecule has 1 heterocycles. The van der Waals surface area contributed by atoms with Gasteiger partial charge in [0.15, 0.2) is 12.4 Å². The second-order valence-corrected chi connectivity index (χ2v) is 10.5. The van der Waals surface area contributed by atoms with Crippen LogP contribution in [0.5, 0.6) is 0 Å². The molecule has 1 fully saturated rings. The number of piperidine rings is 1. The first-order valence-corrected chi connectivity index (χ1v) is 12.5. The molecule has 0 aromatic heterocycles. The number of hydrogen-bond acceptors (Lipinski definition) is 5. The van der Waals surface area contributed by atoms with E-state index in [1.807, 2.05) is 12.1 Å². The molecule has 2 aliphatic rings. The van der Waals surface area contributed by atoms with Gasteiger partial charge in [-0.1, -0.05) is 18.2 Å². The van der Waals surface area contributed by atoms with Gasteiger partial charge < -0.3 is 4.74 Å². The van der Waals surface area contributed by atoms with Crippen molar-refractivity contribution in [2.24, 2.45) is 5.92 Å². The Morgan fingerprint density at radius 3 is 2.41 bits per heavy atom. The summed E-state index contributed by atoms with van der Waals surface area (Å²) in [6, 6.07) is 9.10. The molecule has 0 saturated carbocycles. The van der Waals surface area contributed by atoms with Gasteiger partial charge in [-0.25, -0.2) is 8.42 Å². The lowest BCUT2D eigenvalue weighted by molar-refractivity contribution is -0.148. The molecule has 2 aromatic carbocycles. The average molecular weight is 496 g/mol. The Morgan fingerprint density at radius 2 is 1.71 bits per heavy atom. The smallest absolute Gasteiger partial charge is 0.416 e. The van der Waals surface area contributed by atoms with E-state index in [1.54, 1.807) is 6.07 Å². The number of Topliss-reactive ketones (excluding diaryl/α,β-unsaturated/α-hetero) is 1. The number of esters is 1. The monoisotopic (exact) mass is 495 g/mol. The summed E-state index contributed by atoms with van der Waals surface area (Å²) in [6.07, 6.45) is -1.35. The molecule has 4 rings (SSSR count). The fraction of sp³-hybridized carbons (Fsp3) is 0.417. The summed E-state index contributed by atoms with van der Waals surface area (Å²) in [6.45, 7) is -0.450. The number of aryl methyl sites for hydroxylation is 2. The number of alkyl halides is 3. The first kappa shape index (κ1) is 24.4. The fourth-order valence-electron chi connectivity index (χ4n) is 4.40. The topological polar surface area (TPSA) is 80.8 Å². The van der Waals surface area contributed by atoms with E-state index >= 15 is 0 Å². The standard InChI is InChI=1S/C24H24F3NO5S/c25-24(26,27)20-5-2-6-21(14-20)34(31,32)28-11-9-17(10-12-28)23(30)33-15-22(29)19-8-7-16-3-1-4-18(16)13-19/h2,5-8,13-14,17H,1,3-4,9-12,15H2. The number of hydrogen-bond donors (Lipinski definition) is 0. The Hall–Kier alpha value is -2.72. The molecule has 0 spiro atoms. The molecule has 1 saturated heterocycles. The van der Waals surface area contributed by atoms with E-state index in [1.165, 1.54) is 5.56 Å². The van der Waals surface area contributed by atoms with Crippen molar-refractivity contribution < 1.29 is 35.9 Å². The van der Waals surface area contributed by atoms with Crippen molar-refractivity contribution in [1.29, 1.82) is 0 Å². The number of benzene rings is 2. The fourth-order valence-corrected chi connectivity index (χ4v) is 5.91. The van der Waals surface area contributed by atoms with Crippen molar-refractivity contribution in [3.8, 4) is 0 Å². The minimum absolute atomic E-state index is 0.0306. The number of nitrogens with zero attached hydrogens (tertiary/aromatic N) is 1. The summed E-state index contributed by atoms with van der Waals surface area (Å²) >= 11 is 0. The third-order valence-corrected chi connectivity index (χ3v) is 8.25. The van der Waals surface area contributed by atoms with Gasteiger partial charge in [-0.15, -0.1) is 0 Å². The van der Waals surface area contributed by atoms with Crippen molar-refractivity contribution >= 4 is 21.8 Å². The lowest BCUT2D eigenvalue weighted by Crippen LogP contribution is -2.40. The molecule has 1 aliphatic carbocycles. The number of carbonyl (C=O) groups excluding carboxylic acids is 2. The Balaban J connectivity index is 1.32. The SMILES string of the molecule is O=C(COC(=O)C1CCN(S(=O)(=O)c2cccc(C(F)(F)F)c2)CC1)c1ccc2c(c1)CCC2. The Morgan fingerprint density at radius 1 is 1.00 bits per heavy atom. The van der Waals surface area contributed by atoms with E-state index in [0.717, 1.165) is 47.3 Å². The molecule has 0 N–H and O–H groups in total. The lowest BCUT2D eigenvalue weighted by Gasteiger charge is -2.30. The largest absolute Gasteiger partial charge is 0.457 e. The van der Waals surface area contributed by atoms with E-state index < -0.39 is 38.5 Å². The van der Waals surface area contributed by atoms with Crippen LogP contribution in [0.15, 0.2) is 47.4 Å². The lowest BCUT2D eigenvalue weighted by atomic mass is 9.98. The van der Waals surface area contributed by atoms with Crippen molar-refractivity contribution in [1.82, 2.24) is 4.31 Å². The van der Waals surface area contributed by atoms with Gasteiger partial charge in [0, 0.05) is 18.7 Å². The highest BCUT2D eigenvalue weighted by Crippen LogP contribution is 2.32. The number of ether oxygens (including phenoxy) is 1. The van der Waals surface area contributed by atoms with Crippen molar-refractivity contribution in [2.45, 2.75) is 43.2 Å². The molecule has 0 unspecified atom stereocenters. The minimum atomic E-state index is -4.65. The van der Waals surface area contributed by atoms with Gasteiger partial charge in [-0.2, -0.15) is 17.5 Å². The quantitative estimate of drug-likeness (QED) is 0.447. The minimum Gasteiger partial charge on any atom is -0.457 e. The molecular weight excluding hydrogens is 471 g/mol. The molecular formula is C24H24F3NO5S. The number of fused-ring (bicyclic) bond motifs is 1. The van der Waals surface area contributed by atoms with Crippen LogP contribution in [-0.2, 0) is 38.6 Å². The maximum Gasteiger partial charge on any atom is 0.416 e. The van der Waals surface area contributed by atoms with Gasteiger partial charge in [0.05, 0.1) is 16.4 Å². The molecule has 0 radical (unpaired) electrons. The normalized spacial score (nSPS) is 17.4.